The third kappa shape index (κ3) is 2.00. The molecule has 0 spiro atoms. The van der Waals surface area contributed by atoms with Crippen LogP contribution in [0.15, 0.2) is 30.3 Å². The van der Waals surface area contributed by atoms with E-state index in [0.717, 1.165) is 11.3 Å². The molecule has 3 nitrogen and oxygen atoms in total. The van der Waals surface area contributed by atoms with Crippen molar-refractivity contribution in [2.45, 2.75) is 0 Å². The molecule has 1 aromatic rings. The lowest BCUT2D eigenvalue weighted by atomic mass is 10.1. The van der Waals surface area contributed by atoms with Gasteiger partial charge >= 0.3 is 0 Å². The minimum Gasteiger partial charge on any atom is -0.399 e. The summed E-state index contributed by atoms with van der Waals surface area (Å²) in [7, 11) is 0. The first-order valence-electron chi connectivity index (χ1n) is 3.75. The zero-order valence-corrected chi connectivity index (χ0v) is 6.83. The molecule has 64 valence electrons. The van der Waals surface area contributed by atoms with Gasteiger partial charge in [0.05, 0.1) is 0 Å². The Balaban J connectivity index is 2.89. The Hall–Kier alpha value is -1.48. The number of hydrogen-bond donors (Lipinski definition) is 3. The molecule has 0 fully saturated rings. The van der Waals surface area contributed by atoms with Crippen molar-refractivity contribution in [3.63, 3.8) is 0 Å². The van der Waals surface area contributed by atoms with Crippen molar-refractivity contribution in [1.29, 1.82) is 0 Å². The topological polar surface area (TPSA) is 78.1 Å². The summed E-state index contributed by atoms with van der Waals surface area (Å²) in [5, 5.41) is 0. The van der Waals surface area contributed by atoms with E-state index in [1.807, 2.05) is 24.3 Å². The maximum atomic E-state index is 5.70. The Labute approximate surface area is 71.9 Å². The van der Waals surface area contributed by atoms with E-state index in [0.29, 0.717) is 12.2 Å². The average molecular weight is 163 g/mol. The van der Waals surface area contributed by atoms with Gasteiger partial charge in [-0.1, -0.05) is 12.1 Å². The number of hydrogen-bond acceptors (Lipinski definition) is 3. The normalized spacial score (nSPS) is 11.6. The summed E-state index contributed by atoms with van der Waals surface area (Å²) in [6, 6.07) is 7.37. The van der Waals surface area contributed by atoms with Crippen LogP contribution in [0, 0.1) is 0 Å². The first-order chi connectivity index (χ1) is 5.74. The summed E-state index contributed by atoms with van der Waals surface area (Å²) in [6.07, 6.45) is 1.77. The van der Waals surface area contributed by atoms with Crippen molar-refractivity contribution in [3.8, 4) is 0 Å². The monoisotopic (exact) mass is 163 g/mol. The molecule has 0 aliphatic rings. The summed E-state index contributed by atoms with van der Waals surface area (Å²) < 4.78 is 0. The minimum atomic E-state index is 0.455. The van der Waals surface area contributed by atoms with Gasteiger partial charge in [-0.3, -0.25) is 0 Å². The molecule has 0 unspecified atom stereocenters. The molecule has 0 amide bonds. The van der Waals surface area contributed by atoms with Gasteiger partial charge in [-0.25, -0.2) is 0 Å². The zero-order chi connectivity index (χ0) is 8.97. The molecule has 0 aliphatic carbocycles. The van der Waals surface area contributed by atoms with Gasteiger partial charge in [0.2, 0.25) is 0 Å². The number of nitrogen functional groups attached to an aromatic ring is 1. The lowest BCUT2D eigenvalue weighted by molar-refractivity contribution is 1.25. The van der Waals surface area contributed by atoms with E-state index >= 15 is 0 Å². The van der Waals surface area contributed by atoms with E-state index in [1.54, 1.807) is 6.08 Å². The van der Waals surface area contributed by atoms with E-state index < -0.39 is 0 Å². The molecule has 6 N–H and O–H groups in total. The van der Waals surface area contributed by atoms with Crippen LogP contribution in [0.5, 0.6) is 0 Å². The van der Waals surface area contributed by atoms with E-state index in [9.17, 15) is 0 Å². The molecule has 0 heterocycles. The fourth-order valence-corrected chi connectivity index (χ4v) is 0.920. The lowest BCUT2D eigenvalue weighted by Gasteiger charge is -2.00. The van der Waals surface area contributed by atoms with Crippen molar-refractivity contribution >= 4 is 11.4 Å². The number of nitrogens with two attached hydrogens (primary N) is 3. The fourth-order valence-electron chi connectivity index (χ4n) is 0.920. The van der Waals surface area contributed by atoms with Crippen LogP contribution in [-0.2, 0) is 0 Å². The number of anilines is 1. The molecular weight excluding hydrogens is 150 g/mol. The smallest absolute Gasteiger partial charge is 0.0359 e. The predicted octanol–water partition coefficient (Wildman–Crippen LogP) is 0.527. The fraction of sp³-hybridized carbons (Fsp3) is 0.111. The Morgan fingerprint density at radius 2 is 1.83 bits per heavy atom. The summed E-state index contributed by atoms with van der Waals surface area (Å²) in [5.74, 6) is 0. The third-order valence-corrected chi connectivity index (χ3v) is 1.58. The predicted molar refractivity (Wildman–Crippen MR) is 52.1 cm³/mol. The van der Waals surface area contributed by atoms with Gasteiger partial charge in [0.15, 0.2) is 0 Å². The van der Waals surface area contributed by atoms with Crippen molar-refractivity contribution < 1.29 is 0 Å². The third-order valence-electron chi connectivity index (χ3n) is 1.58. The highest BCUT2D eigenvalue weighted by Crippen LogP contribution is 2.10. The van der Waals surface area contributed by atoms with E-state index in [-0.39, 0.29) is 0 Å². The van der Waals surface area contributed by atoms with Crippen LogP contribution < -0.4 is 17.2 Å². The molecule has 0 aromatic heterocycles. The summed E-state index contributed by atoms with van der Waals surface area (Å²) in [4.78, 5) is 0. The maximum Gasteiger partial charge on any atom is 0.0359 e. The quantitative estimate of drug-likeness (QED) is 0.556. The molecule has 0 aliphatic heterocycles. The number of rotatable bonds is 2. The van der Waals surface area contributed by atoms with E-state index in [4.69, 9.17) is 17.2 Å². The van der Waals surface area contributed by atoms with Gasteiger partial charge in [-0.15, -0.1) is 0 Å². The van der Waals surface area contributed by atoms with Gasteiger partial charge in [-0.2, -0.15) is 0 Å². The Morgan fingerprint density at radius 1 is 1.25 bits per heavy atom. The molecule has 1 aromatic carbocycles. The Kier molecular flexibility index (Phi) is 2.71. The average Bonchev–Trinajstić information content (AvgIpc) is 2.06. The van der Waals surface area contributed by atoms with Crippen molar-refractivity contribution in [3.05, 3.63) is 35.9 Å². The van der Waals surface area contributed by atoms with E-state index in [2.05, 4.69) is 0 Å². The van der Waals surface area contributed by atoms with Crippen LogP contribution >= 0.6 is 0 Å². The maximum absolute atomic E-state index is 5.70. The molecule has 0 atom stereocenters. The SMILES string of the molecule is NCC=C(N)c1ccc(N)cc1. The molecule has 0 saturated carbocycles. The summed E-state index contributed by atoms with van der Waals surface area (Å²) >= 11 is 0. The highest BCUT2D eigenvalue weighted by Gasteiger charge is 1.93. The standard InChI is InChI=1S/C9H13N3/c10-6-5-9(12)7-1-3-8(11)4-2-7/h1-5H,6,10-12H2. The Morgan fingerprint density at radius 3 is 2.33 bits per heavy atom. The van der Waals surface area contributed by atoms with Crippen LogP contribution in [0.1, 0.15) is 5.56 Å². The Bertz CT molecular complexity index is 274. The summed E-state index contributed by atoms with van der Waals surface area (Å²) in [5.41, 5.74) is 18.9. The second-order valence-electron chi connectivity index (χ2n) is 2.52. The van der Waals surface area contributed by atoms with Gasteiger partial charge < -0.3 is 17.2 Å². The van der Waals surface area contributed by atoms with Gasteiger partial charge in [0, 0.05) is 17.9 Å². The van der Waals surface area contributed by atoms with Crippen LogP contribution in [0.2, 0.25) is 0 Å². The first kappa shape index (κ1) is 8.62. The lowest BCUT2D eigenvalue weighted by Crippen LogP contribution is -2.02. The number of benzene rings is 1. The van der Waals surface area contributed by atoms with Gasteiger partial charge in [0.25, 0.3) is 0 Å². The summed E-state index contributed by atoms with van der Waals surface area (Å²) in [6.45, 7) is 0.455. The van der Waals surface area contributed by atoms with Crippen molar-refractivity contribution in [1.82, 2.24) is 0 Å². The largest absolute Gasteiger partial charge is 0.399 e. The molecular formula is C9H13N3. The zero-order valence-electron chi connectivity index (χ0n) is 6.83. The second-order valence-corrected chi connectivity index (χ2v) is 2.52. The minimum absolute atomic E-state index is 0.455. The van der Waals surface area contributed by atoms with Crippen LogP contribution in [0.4, 0.5) is 5.69 Å². The molecule has 3 heteroatoms. The van der Waals surface area contributed by atoms with Crippen LogP contribution in [0.25, 0.3) is 5.70 Å². The van der Waals surface area contributed by atoms with Crippen LogP contribution in [-0.4, -0.2) is 6.54 Å². The van der Waals surface area contributed by atoms with Crippen LogP contribution in [0.3, 0.4) is 0 Å². The van der Waals surface area contributed by atoms with Gasteiger partial charge in [-0.05, 0) is 23.8 Å². The first-order valence-corrected chi connectivity index (χ1v) is 3.75. The molecule has 0 radical (unpaired) electrons. The highest BCUT2D eigenvalue weighted by molar-refractivity contribution is 5.64. The highest BCUT2D eigenvalue weighted by atomic mass is 14.6. The molecule has 0 saturated heterocycles. The van der Waals surface area contributed by atoms with E-state index in [1.165, 1.54) is 0 Å². The second kappa shape index (κ2) is 3.78. The molecule has 1 rings (SSSR count). The van der Waals surface area contributed by atoms with Crippen molar-refractivity contribution in [2.24, 2.45) is 11.5 Å². The molecule has 0 bridgehead atoms. The molecule has 12 heavy (non-hydrogen) atoms. The van der Waals surface area contributed by atoms with Gasteiger partial charge in [0.1, 0.15) is 0 Å². The van der Waals surface area contributed by atoms with Crippen molar-refractivity contribution in [2.75, 3.05) is 12.3 Å².